The van der Waals surface area contributed by atoms with E-state index in [-0.39, 0.29) is 11.7 Å². The van der Waals surface area contributed by atoms with Gasteiger partial charge in [0, 0.05) is 17.0 Å². The van der Waals surface area contributed by atoms with Crippen LogP contribution in [-0.4, -0.2) is 31.4 Å². The number of hydrogen-bond acceptors (Lipinski definition) is 7. The van der Waals surface area contributed by atoms with Crippen molar-refractivity contribution in [1.82, 2.24) is 19.7 Å². The van der Waals surface area contributed by atoms with Gasteiger partial charge < -0.3 is 9.73 Å². The highest BCUT2D eigenvalue weighted by Crippen LogP contribution is 2.30. The van der Waals surface area contributed by atoms with Crippen molar-refractivity contribution in [2.75, 3.05) is 11.1 Å². The van der Waals surface area contributed by atoms with Crippen LogP contribution in [0.5, 0.6) is 0 Å². The molecule has 31 heavy (non-hydrogen) atoms. The number of thiazole rings is 1. The second kappa shape index (κ2) is 8.75. The first-order valence-corrected chi connectivity index (χ1v) is 11.4. The molecule has 154 valence electrons. The lowest BCUT2D eigenvalue weighted by Crippen LogP contribution is -2.14. The molecule has 5 aromatic rings. The molecule has 0 saturated carbocycles. The lowest BCUT2D eigenvalue weighted by atomic mass is 10.2. The SMILES string of the molecule is O=C(CSc1nnc(-c2cc3ccccc3o2)n1Cc1ccccc1)Nc1nccs1. The van der Waals surface area contributed by atoms with Crippen molar-refractivity contribution >= 4 is 45.1 Å². The first kappa shape index (κ1) is 19.5. The Balaban J connectivity index is 1.43. The molecule has 0 spiro atoms. The Labute approximate surface area is 186 Å². The minimum absolute atomic E-state index is 0.139. The van der Waals surface area contributed by atoms with Gasteiger partial charge in [-0.2, -0.15) is 0 Å². The lowest BCUT2D eigenvalue weighted by Gasteiger charge is -2.09. The third-order valence-electron chi connectivity index (χ3n) is 4.56. The Bertz CT molecular complexity index is 1280. The number of carbonyl (C=O) groups is 1. The molecule has 0 bridgehead atoms. The van der Waals surface area contributed by atoms with Crippen LogP contribution >= 0.6 is 23.1 Å². The fourth-order valence-electron chi connectivity index (χ4n) is 3.15. The molecule has 1 N–H and O–H groups in total. The molecular weight excluding hydrogens is 430 g/mol. The zero-order valence-corrected chi connectivity index (χ0v) is 17.9. The Hall–Kier alpha value is -3.43. The number of thioether (sulfide) groups is 1. The molecule has 0 atom stereocenters. The maximum Gasteiger partial charge on any atom is 0.236 e. The predicted molar refractivity (Wildman–Crippen MR) is 122 cm³/mol. The highest BCUT2D eigenvalue weighted by molar-refractivity contribution is 7.99. The largest absolute Gasteiger partial charge is 0.453 e. The highest BCUT2D eigenvalue weighted by atomic mass is 32.2. The van der Waals surface area contributed by atoms with E-state index in [1.54, 1.807) is 6.20 Å². The van der Waals surface area contributed by atoms with Crippen LogP contribution in [0.15, 0.2) is 81.8 Å². The summed E-state index contributed by atoms with van der Waals surface area (Å²) in [5, 5.41) is 15.6. The smallest absolute Gasteiger partial charge is 0.236 e. The summed E-state index contributed by atoms with van der Waals surface area (Å²) in [6.07, 6.45) is 1.66. The highest BCUT2D eigenvalue weighted by Gasteiger charge is 2.19. The van der Waals surface area contributed by atoms with Crippen LogP contribution in [0.25, 0.3) is 22.6 Å². The molecule has 5 rings (SSSR count). The summed E-state index contributed by atoms with van der Waals surface area (Å²) < 4.78 is 8.00. The topological polar surface area (TPSA) is 85.8 Å². The van der Waals surface area contributed by atoms with E-state index in [9.17, 15) is 4.79 Å². The van der Waals surface area contributed by atoms with E-state index in [0.717, 1.165) is 16.5 Å². The van der Waals surface area contributed by atoms with E-state index in [2.05, 4.69) is 20.5 Å². The number of nitrogens with one attached hydrogen (secondary N) is 1. The number of hydrogen-bond donors (Lipinski definition) is 1. The molecule has 9 heteroatoms. The van der Waals surface area contributed by atoms with Gasteiger partial charge in [0.2, 0.25) is 11.7 Å². The number of amides is 1. The van der Waals surface area contributed by atoms with Crippen molar-refractivity contribution in [3.8, 4) is 11.6 Å². The van der Waals surface area contributed by atoms with Crippen molar-refractivity contribution in [3.05, 3.63) is 77.8 Å². The number of aromatic nitrogens is 4. The molecule has 0 fully saturated rings. The zero-order chi connectivity index (χ0) is 21.0. The number of nitrogens with zero attached hydrogens (tertiary/aromatic N) is 4. The van der Waals surface area contributed by atoms with Crippen LogP contribution in [0.1, 0.15) is 5.56 Å². The predicted octanol–water partition coefficient (Wildman–Crippen LogP) is 4.93. The van der Waals surface area contributed by atoms with Crippen molar-refractivity contribution in [1.29, 1.82) is 0 Å². The average Bonchev–Trinajstić information content (AvgIpc) is 3.53. The Kier molecular flexibility index (Phi) is 5.51. The molecule has 0 aliphatic carbocycles. The van der Waals surface area contributed by atoms with Gasteiger partial charge in [0.25, 0.3) is 0 Å². The molecular formula is C22H17N5O2S2. The van der Waals surface area contributed by atoms with Gasteiger partial charge in [-0.3, -0.25) is 9.36 Å². The Morgan fingerprint density at radius 2 is 1.94 bits per heavy atom. The van der Waals surface area contributed by atoms with Gasteiger partial charge in [0.15, 0.2) is 16.0 Å². The van der Waals surface area contributed by atoms with Crippen molar-refractivity contribution < 1.29 is 9.21 Å². The summed E-state index contributed by atoms with van der Waals surface area (Å²) in [7, 11) is 0. The van der Waals surface area contributed by atoms with Crippen molar-refractivity contribution in [3.63, 3.8) is 0 Å². The molecule has 3 heterocycles. The molecule has 0 aliphatic heterocycles. The second-order valence-corrected chi connectivity index (χ2v) is 8.54. The van der Waals surface area contributed by atoms with Crippen molar-refractivity contribution in [2.24, 2.45) is 0 Å². The molecule has 1 amide bonds. The summed E-state index contributed by atoms with van der Waals surface area (Å²) in [4.78, 5) is 16.4. The van der Waals surface area contributed by atoms with Crippen molar-refractivity contribution in [2.45, 2.75) is 11.7 Å². The molecule has 7 nitrogen and oxygen atoms in total. The summed E-state index contributed by atoms with van der Waals surface area (Å²) in [6.45, 7) is 0.566. The summed E-state index contributed by atoms with van der Waals surface area (Å²) in [6, 6.07) is 19.9. The average molecular weight is 448 g/mol. The fraction of sp³-hybridized carbons (Fsp3) is 0.0909. The monoisotopic (exact) mass is 447 g/mol. The third kappa shape index (κ3) is 4.37. The lowest BCUT2D eigenvalue weighted by molar-refractivity contribution is -0.113. The van der Waals surface area contributed by atoms with Gasteiger partial charge in [0.05, 0.1) is 12.3 Å². The number of carbonyl (C=O) groups excluding carboxylic acids is 1. The standard InChI is InChI=1S/C22H17N5O2S2/c28-19(24-21-23-10-11-30-21)14-31-22-26-25-20(27(22)13-15-6-2-1-3-7-15)18-12-16-8-4-5-9-17(16)29-18/h1-12H,13-14H2,(H,23,24,28). The third-order valence-corrected chi connectivity index (χ3v) is 6.21. The van der Waals surface area contributed by atoms with Gasteiger partial charge in [-0.05, 0) is 17.7 Å². The minimum atomic E-state index is -0.139. The molecule has 3 aromatic heterocycles. The van der Waals surface area contributed by atoms with E-state index >= 15 is 0 Å². The summed E-state index contributed by atoms with van der Waals surface area (Å²) >= 11 is 2.71. The Morgan fingerprint density at radius 1 is 1.10 bits per heavy atom. The summed E-state index contributed by atoms with van der Waals surface area (Å²) in [5.41, 5.74) is 1.90. The van der Waals surface area contributed by atoms with Crippen LogP contribution in [-0.2, 0) is 11.3 Å². The quantitative estimate of drug-likeness (QED) is 0.356. The normalized spacial score (nSPS) is 11.1. The van der Waals surface area contributed by atoms with E-state index in [4.69, 9.17) is 4.42 Å². The van der Waals surface area contributed by atoms with E-state index < -0.39 is 0 Å². The van der Waals surface area contributed by atoms with E-state index in [0.29, 0.717) is 28.4 Å². The van der Waals surface area contributed by atoms with Gasteiger partial charge >= 0.3 is 0 Å². The number of anilines is 1. The molecule has 2 aromatic carbocycles. The maximum absolute atomic E-state index is 12.3. The molecule has 0 unspecified atom stereocenters. The first-order valence-electron chi connectivity index (χ1n) is 9.54. The van der Waals surface area contributed by atoms with Gasteiger partial charge in [-0.15, -0.1) is 21.5 Å². The molecule has 0 aliphatic rings. The second-order valence-electron chi connectivity index (χ2n) is 6.70. The van der Waals surface area contributed by atoms with Crippen LogP contribution < -0.4 is 5.32 Å². The van der Waals surface area contributed by atoms with Crippen LogP contribution in [0.2, 0.25) is 0 Å². The summed E-state index contributed by atoms with van der Waals surface area (Å²) in [5.74, 6) is 1.33. The van der Waals surface area contributed by atoms with E-state index in [1.807, 2.05) is 70.6 Å². The minimum Gasteiger partial charge on any atom is -0.453 e. The number of para-hydroxylation sites is 1. The zero-order valence-electron chi connectivity index (χ0n) is 16.3. The van der Waals surface area contributed by atoms with E-state index in [1.165, 1.54) is 23.1 Å². The van der Waals surface area contributed by atoms with Crippen LogP contribution in [0.4, 0.5) is 5.13 Å². The number of fused-ring (bicyclic) bond motifs is 1. The first-order chi connectivity index (χ1) is 15.3. The Morgan fingerprint density at radius 3 is 2.74 bits per heavy atom. The van der Waals surface area contributed by atoms with Gasteiger partial charge in [0.1, 0.15) is 5.58 Å². The van der Waals surface area contributed by atoms with Gasteiger partial charge in [-0.1, -0.05) is 60.3 Å². The molecule has 0 radical (unpaired) electrons. The van der Waals surface area contributed by atoms with Crippen LogP contribution in [0, 0.1) is 0 Å². The maximum atomic E-state index is 12.3. The molecule has 0 saturated heterocycles. The fourth-order valence-corrected chi connectivity index (χ4v) is 4.43. The van der Waals surface area contributed by atoms with Gasteiger partial charge in [-0.25, -0.2) is 4.98 Å². The number of furan rings is 1. The number of rotatable bonds is 7. The van der Waals surface area contributed by atoms with Crippen LogP contribution in [0.3, 0.4) is 0 Å². The number of benzene rings is 2.